The van der Waals surface area contributed by atoms with Crippen molar-refractivity contribution in [3.63, 3.8) is 0 Å². The summed E-state index contributed by atoms with van der Waals surface area (Å²) in [7, 11) is 2.11. The highest BCUT2D eigenvalue weighted by Crippen LogP contribution is 2.11. The van der Waals surface area contributed by atoms with Gasteiger partial charge >= 0.3 is 6.09 Å². The zero-order chi connectivity index (χ0) is 18.1. The minimum Gasteiger partial charge on any atom is -0.450 e. The lowest BCUT2D eigenvalue weighted by Gasteiger charge is -2.32. The average molecular weight is 483 g/mol. The van der Waals surface area contributed by atoms with E-state index in [2.05, 4.69) is 34.5 Å². The van der Waals surface area contributed by atoms with Crippen molar-refractivity contribution in [2.24, 2.45) is 4.99 Å². The summed E-state index contributed by atoms with van der Waals surface area (Å²) in [4.78, 5) is 20.5. The third-order valence-corrected chi connectivity index (χ3v) is 4.50. The normalized spacial score (nSPS) is 22.5. The SMILES string of the molecule is CCNC(=NCC1CN(C)CCO1)NC1CCN(C(=O)OCC)CC1.I. The monoisotopic (exact) mass is 483 g/mol. The Morgan fingerprint density at radius 1 is 1.27 bits per heavy atom. The highest BCUT2D eigenvalue weighted by Gasteiger charge is 2.24. The molecule has 2 aliphatic heterocycles. The molecule has 0 radical (unpaired) electrons. The minimum atomic E-state index is -0.208. The van der Waals surface area contributed by atoms with Gasteiger partial charge in [-0.3, -0.25) is 4.99 Å². The quantitative estimate of drug-likeness (QED) is 0.347. The molecular weight excluding hydrogens is 449 g/mol. The smallest absolute Gasteiger partial charge is 0.409 e. The first kappa shape index (κ1) is 23.2. The standard InChI is InChI=1S/C17H33N5O3.HI/c1-4-18-16(19-12-15-13-21(3)10-11-25-15)20-14-6-8-22(9-7-14)17(23)24-5-2;/h14-15H,4-13H2,1-3H3,(H2,18,19,20);1H. The van der Waals surface area contributed by atoms with Crippen LogP contribution >= 0.6 is 24.0 Å². The van der Waals surface area contributed by atoms with Crippen molar-refractivity contribution in [2.45, 2.75) is 38.8 Å². The van der Waals surface area contributed by atoms with E-state index in [1.165, 1.54) is 0 Å². The molecule has 2 fully saturated rings. The summed E-state index contributed by atoms with van der Waals surface area (Å²) in [6, 6.07) is 0.318. The second-order valence-electron chi connectivity index (χ2n) is 6.58. The summed E-state index contributed by atoms with van der Waals surface area (Å²) in [5.41, 5.74) is 0. The van der Waals surface area contributed by atoms with Gasteiger partial charge in [0.05, 0.1) is 25.9 Å². The number of hydrogen-bond donors (Lipinski definition) is 2. The summed E-state index contributed by atoms with van der Waals surface area (Å²) < 4.78 is 10.8. The summed E-state index contributed by atoms with van der Waals surface area (Å²) in [5, 5.41) is 6.79. The Morgan fingerprint density at radius 2 is 2.00 bits per heavy atom. The number of carbonyl (C=O) groups excluding carboxylic acids is 1. The summed E-state index contributed by atoms with van der Waals surface area (Å²) in [6.07, 6.45) is 1.73. The van der Waals surface area contributed by atoms with Gasteiger partial charge in [-0.1, -0.05) is 0 Å². The number of likely N-dealkylation sites (tertiary alicyclic amines) is 1. The zero-order valence-electron chi connectivity index (χ0n) is 16.2. The predicted molar refractivity (Wildman–Crippen MR) is 113 cm³/mol. The topological polar surface area (TPSA) is 78.4 Å². The molecule has 1 amide bonds. The molecule has 0 aromatic carbocycles. The third kappa shape index (κ3) is 7.83. The molecule has 0 aromatic heterocycles. The van der Waals surface area contributed by atoms with E-state index >= 15 is 0 Å². The Hall–Kier alpha value is -0.810. The van der Waals surface area contributed by atoms with Crippen LogP contribution in [0.2, 0.25) is 0 Å². The molecule has 0 bridgehead atoms. The lowest BCUT2D eigenvalue weighted by atomic mass is 10.1. The number of nitrogens with one attached hydrogen (secondary N) is 2. The molecule has 0 spiro atoms. The fourth-order valence-corrected chi connectivity index (χ4v) is 3.10. The first-order valence-corrected chi connectivity index (χ1v) is 9.39. The van der Waals surface area contributed by atoms with Crippen molar-refractivity contribution >= 4 is 36.0 Å². The molecule has 26 heavy (non-hydrogen) atoms. The molecule has 1 unspecified atom stereocenters. The number of ether oxygens (including phenoxy) is 2. The van der Waals surface area contributed by atoms with Crippen molar-refractivity contribution < 1.29 is 14.3 Å². The molecule has 2 heterocycles. The van der Waals surface area contributed by atoms with Crippen LogP contribution in [0.15, 0.2) is 4.99 Å². The van der Waals surface area contributed by atoms with Gasteiger partial charge in [0.15, 0.2) is 5.96 Å². The number of hydrogen-bond acceptors (Lipinski definition) is 5. The Balaban J connectivity index is 0.00000338. The van der Waals surface area contributed by atoms with Gasteiger partial charge in [-0.15, -0.1) is 24.0 Å². The van der Waals surface area contributed by atoms with Crippen molar-refractivity contribution in [1.29, 1.82) is 0 Å². The molecule has 152 valence electrons. The van der Waals surface area contributed by atoms with Crippen molar-refractivity contribution in [2.75, 3.05) is 59.5 Å². The Labute approximate surface area is 174 Å². The number of morpholine rings is 1. The van der Waals surface area contributed by atoms with Crippen LogP contribution in [-0.2, 0) is 9.47 Å². The fourth-order valence-electron chi connectivity index (χ4n) is 3.10. The van der Waals surface area contributed by atoms with Gasteiger partial charge < -0.3 is 29.9 Å². The van der Waals surface area contributed by atoms with Gasteiger partial charge in [0.25, 0.3) is 0 Å². The Morgan fingerprint density at radius 3 is 2.62 bits per heavy atom. The van der Waals surface area contributed by atoms with Crippen LogP contribution in [0.5, 0.6) is 0 Å². The van der Waals surface area contributed by atoms with Crippen LogP contribution in [0.1, 0.15) is 26.7 Å². The van der Waals surface area contributed by atoms with Gasteiger partial charge in [-0.2, -0.15) is 0 Å². The number of nitrogens with zero attached hydrogens (tertiary/aromatic N) is 3. The number of carbonyl (C=O) groups is 1. The van der Waals surface area contributed by atoms with Crippen LogP contribution in [0, 0.1) is 0 Å². The second kappa shape index (κ2) is 12.6. The molecule has 8 nitrogen and oxygen atoms in total. The van der Waals surface area contributed by atoms with Gasteiger partial charge in [-0.05, 0) is 33.7 Å². The predicted octanol–water partition coefficient (Wildman–Crippen LogP) is 1.11. The summed E-state index contributed by atoms with van der Waals surface area (Å²) in [5.74, 6) is 0.828. The van der Waals surface area contributed by atoms with Crippen LogP contribution in [0.3, 0.4) is 0 Å². The molecule has 9 heteroatoms. The molecule has 2 aliphatic rings. The minimum absolute atomic E-state index is 0. The molecule has 0 aromatic rings. The van der Waals surface area contributed by atoms with E-state index in [1.807, 2.05) is 6.92 Å². The van der Waals surface area contributed by atoms with Gasteiger partial charge in [-0.25, -0.2) is 4.79 Å². The number of rotatable bonds is 5. The molecule has 0 aliphatic carbocycles. The van der Waals surface area contributed by atoms with Gasteiger partial charge in [0.2, 0.25) is 0 Å². The second-order valence-corrected chi connectivity index (χ2v) is 6.58. The first-order chi connectivity index (χ1) is 12.1. The molecular formula is C17H34IN5O3. The molecule has 1 atom stereocenters. The highest BCUT2D eigenvalue weighted by atomic mass is 127. The first-order valence-electron chi connectivity index (χ1n) is 9.39. The lowest BCUT2D eigenvalue weighted by molar-refractivity contribution is -0.0136. The number of guanidine groups is 1. The molecule has 2 N–H and O–H groups in total. The summed E-state index contributed by atoms with van der Waals surface area (Å²) in [6.45, 7) is 9.89. The van der Waals surface area contributed by atoms with Crippen LogP contribution in [0.25, 0.3) is 0 Å². The van der Waals surface area contributed by atoms with Crippen LogP contribution in [0.4, 0.5) is 4.79 Å². The number of aliphatic imine (C=N–C) groups is 1. The van der Waals surface area contributed by atoms with Crippen molar-refractivity contribution in [3.8, 4) is 0 Å². The van der Waals surface area contributed by atoms with E-state index in [-0.39, 0.29) is 36.2 Å². The number of likely N-dealkylation sites (N-methyl/N-ethyl adjacent to an activating group) is 1. The number of amides is 1. The van der Waals surface area contributed by atoms with E-state index in [4.69, 9.17) is 9.47 Å². The summed E-state index contributed by atoms with van der Waals surface area (Å²) >= 11 is 0. The molecule has 2 saturated heterocycles. The average Bonchev–Trinajstić information content (AvgIpc) is 2.61. The van der Waals surface area contributed by atoms with E-state index in [1.54, 1.807) is 4.90 Å². The molecule has 0 saturated carbocycles. The van der Waals surface area contributed by atoms with Crippen LogP contribution in [-0.4, -0.2) is 93.5 Å². The Kier molecular flexibility index (Phi) is 11.2. The molecule has 2 rings (SSSR count). The van der Waals surface area contributed by atoms with Crippen molar-refractivity contribution in [3.05, 3.63) is 0 Å². The van der Waals surface area contributed by atoms with Gasteiger partial charge in [0.1, 0.15) is 0 Å². The fraction of sp³-hybridized carbons (Fsp3) is 0.882. The zero-order valence-corrected chi connectivity index (χ0v) is 18.5. The highest BCUT2D eigenvalue weighted by molar-refractivity contribution is 14.0. The van der Waals surface area contributed by atoms with Crippen LogP contribution < -0.4 is 10.6 Å². The third-order valence-electron chi connectivity index (χ3n) is 4.50. The lowest BCUT2D eigenvalue weighted by Crippen LogP contribution is -2.50. The number of piperidine rings is 1. The number of halogens is 1. The van der Waals surface area contributed by atoms with E-state index in [9.17, 15) is 4.79 Å². The maximum Gasteiger partial charge on any atom is 0.409 e. The maximum atomic E-state index is 11.8. The van der Waals surface area contributed by atoms with Gasteiger partial charge in [0, 0.05) is 38.8 Å². The maximum absolute atomic E-state index is 11.8. The van der Waals surface area contributed by atoms with E-state index < -0.39 is 0 Å². The largest absolute Gasteiger partial charge is 0.450 e. The van der Waals surface area contributed by atoms with E-state index in [0.717, 1.165) is 45.0 Å². The Bertz CT molecular complexity index is 444. The van der Waals surface area contributed by atoms with Crippen molar-refractivity contribution in [1.82, 2.24) is 20.4 Å². The van der Waals surface area contributed by atoms with E-state index in [0.29, 0.717) is 32.3 Å².